The summed E-state index contributed by atoms with van der Waals surface area (Å²) in [7, 11) is 0. The minimum Gasteiger partial charge on any atom is -0.481 e. The SMILES string of the molecule is CCC(=O)c1ccc(OC(C)C(=O)NC2CCCC(C)C2C)cc1. The Morgan fingerprint density at radius 1 is 1.21 bits per heavy atom. The van der Waals surface area contributed by atoms with Crippen LogP contribution in [0.1, 0.15) is 63.7 Å². The molecule has 0 spiro atoms. The van der Waals surface area contributed by atoms with Crippen LogP contribution in [0.3, 0.4) is 0 Å². The molecule has 1 N–H and O–H groups in total. The lowest BCUT2D eigenvalue weighted by Gasteiger charge is -2.35. The predicted octanol–water partition coefficient (Wildman–Crippen LogP) is 3.99. The Morgan fingerprint density at radius 2 is 1.88 bits per heavy atom. The molecule has 1 saturated carbocycles. The number of hydrogen-bond acceptors (Lipinski definition) is 3. The summed E-state index contributed by atoms with van der Waals surface area (Å²) in [6, 6.07) is 7.22. The van der Waals surface area contributed by atoms with Crippen LogP contribution in [0.25, 0.3) is 0 Å². The number of ether oxygens (including phenoxy) is 1. The van der Waals surface area contributed by atoms with E-state index in [4.69, 9.17) is 4.74 Å². The van der Waals surface area contributed by atoms with Gasteiger partial charge in [0.05, 0.1) is 0 Å². The van der Waals surface area contributed by atoms with Crippen molar-refractivity contribution in [3.8, 4) is 5.75 Å². The van der Waals surface area contributed by atoms with Gasteiger partial charge in [0.25, 0.3) is 5.91 Å². The lowest BCUT2D eigenvalue weighted by Crippen LogP contribution is -2.48. The van der Waals surface area contributed by atoms with Crippen molar-refractivity contribution in [2.45, 2.75) is 65.5 Å². The average molecular weight is 331 g/mol. The Kier molecular flexibility index (Phi) is 6.41. The van der Waals surface area contributed by atoms with Crippen LogP contribution in [0.4, 0.5) is 0 Å². The molecule has 4 unspecified atom stereocenters. The molecule has 0 bridgehead atoms. The zero-order chi connectivity index (χ0) is 17.7. The highest BCUT2D eigenvalue weighted by molar-refractivity contribution is 5.95. The third kappa shape index (κ3) is 4.59. The van der Waals surface area contributed by atoms with Gasteiger partial charge in [-0.25, -0.2) is 0 Å². The third-order valence-electron chi connectivity index (χ3n) is 5.21. The van der Waals surface area contributed by atoms with Crippen molar-refractivity contribution in [3.63, 3.8) is 0 Å². The van der Waals surface area contributed by atoms with E-state index in [1.807, 2.05) is 6.92 Å². The fourth-order valence-corrected chi connectivity index (χ4v) is 3.27. The maximum Gasteiger partial charge on any atom is 0.261 e. The summed E-state index contributed by atoms with van der Waals surface area (Å²) in [6.45, 7) is 8.06. The van der Waals surface area contributed by atoms with Gasteiger partial charge in [0.1, 0.15) is 5.75 Å². The molecule has 1 fully saturated rings. The molecule has 1 amide bonds. The highest BCUT2D eigenvalue weighted by atomic mass is 16.5. The van der Waals surface area contributed by atoms with Gasteiger partial charge in [0.15, 0.2) is 11.9 Å². The lowest BCUT2D eigenvalue weighted by atomic mass is 9.78. The first-order valence-corrected chi connectivity index (χ1v) is 9.02. The largest absolute Gasteiger partial charge is 0.481 e. The van der Waals surface area contributed by atoms with Crippen molar-refractivity contribution in [1.82, 2.24) is 5.32 Å². The quantitative estimate of drug-likeness (QED) is 0.802. The van der Waals surface area contributed by atoms with Gasteiger partial charge in [-0.1, -0.05) is 33.6 Å². The molecule has 0 aliphatic heterocycles. The molecule has 1 aliphatic carbocycles. The van der Waals surface area contributed by atoms with E-state index >= 15 is 0 Å². The van der Waals surface area contributed by atoms with E-state index < -0.39 is 6.10 Å². The number of carbonyl (C=O) groups excluding carboxylic acids is 2. The molecule has 4 heteroatoms. The Morgan fingerprint density at radius 3 is 2.50 bits per heavy atom. The second-order valence-corrected chi connectivity index (χ2v) is 6.94. The maximum absolute atomic E-state index is 12.4. The number of nitrogens with one attached hydrogen (secondary N) is 1. The molecule has 0 saturated heterocycles. The van der Waals surface area contributed by atoms with Crippen LogP contribution in [0.2, 0.25) is 0 Å². The van der Waals surface area contributed by atoms with Crippen molar-refractivity contribution in [2.75, 3.05) is 0 Å². The molecule has 132 valence electrons. The van der Waals surface area contributed by atoms with E-state index in [2.05, 4.69) is 19.2 Å². The Hall–Kier alpha value is -1.84. The molecule has 1 aromatic carbocycles. The smallest absolute Gasteiger partial charge is 0.261 e. The van der Waals surface area contributed by atoms with Gasteiger partial charge in [0.2, 0.25) is 0 Å². The van der Waals surface area contributed by atoms with E-state index in [1.54, 1.807) is 31.2 Å². The number of benzene rings is 1. The minimum absolute atomic E-state index is 0.0744. The fraction of sp³-hybridized carbons (Fsp3) is 0.600. The van der Waals surface area contributed by atoms with Crippen molar-refractivity contribution < 1.29 is 14.3 Å². The lowest BCUT2D eigenvalue weighted by molar-refractivity contribution is -0.128. The van der Waals surface area contributed by atoms with Crippen molar-refractivity contribution >= 4 is 11.7 Å². The fourth-order valence-electron chi connectivity index (χ4n) is 3.27. The molecule has 4 nitrogen and oxygen atoms in total. The van der Waals surface area contributed by atoms with Gasteiger partial charge in [-0.2, -0.15) is 0 Å². The molecule has 1 aliphatic rings. The van der Waals surface area contributed by atoms with Crippen LogP contribution in [0, 0.1) is 11.8 Å². The number of amides is 1. The normalized spacial score (nSPS) is 24.9. The van der Waals surface area contributed by atoms with Gasteiger partial charge in [-0.15, -0.1) is 0 Å². The average Bonchev–Trinajstić information content (AvgIpc) is 2.58. The summed E-state index contributed by atoms with van der Waals surface area (Å²) < 4.78 is 5.72. The minimum atomic E-state index is -0.554. The van der Waals surface area contributed by atoms with Crippen molar-refractivity contribution in [1.29, 1.82) is 0 Å². The van der Waals surface area contributed by atoms with Crippen LogP contribution in [0.5, 0.6) is 5.75 Å². The number of hydrogen-bond donors (Lipinski definition) is 1. The van der Waals surface area contributed by atoms with E-state index in [9.17, 15) is 9.59 Å². The Bertz CT molecular complexity index is 567. The summed E-state index contributed by atoms with van der Waals surface area (Å²) in [6.07, 6.45) is 3.37. The van der Waals surface area contributed by atoms with Crippen LogP contribution < -0.4 is 10.1 Å². The molecular weight excluding hydrogens is 302 g/mol. The number of rotatable bonds is 6. The second-order valence-electron chi connectivity index (χ2n) is 6.94. The van der Waals surface area contributed by atoms with Gasteiger partial charge in [-0.05, 0) is 49.4 Å². The van der Waals surface area contributed by atoms with Gasteiger partial charge >= 0.3 is 0 Å². The zero-order valence-electron chi connectivity index (χ0n) is 15.2. The number of ketones is 1. The first kappa shape index (κ1) is 18.5. The van der Waals surface area contributed by atoms with Gasteiger partial charge in [-0.3, -0.25) is 9.59 Å². The first-order valence-electron chi connectivity index (χ1n) is 9.02. The molecule has 0 aromatic heterocycles. The van der Waals surface area contributed by atoms with Crippen LogP contribution >= 0.6 is 0 Å². The summed E-state index contributed by atoms with van der Waals surface area (Å²) in [5.74, 6) is 1.77. The van der Waals surface area contributed by atoms with Crippen LogP contribution in [-0.2, 0) is 4.79 Å². The molecule has 1 aromatic rings. The summed E-state index contributed by atoms with van der Waals surface area (Å²) >= 11 is 0. The zero-order valence-corrected chi connectivity index (χ0v) is 15.2. The van der Waals surface area contributed by atoms with Crippen molar-refractivity contribution in [2.24, 2.45) is 11.8 Å². The molecule has 0 radical (unpaired) electrons. The number of Topliss-reactive ketones (excluding diaryl/α,β-unsaturated/α-hetero) is 1. The van der Waals surface area contributed by atoms with E-state index in [-0.39, 0.29) is 17.7 Å². The number of carbonyl (C=O) groups is 2. The summed E-state index contributed by atoms with van der Waals surface area (Å²) in [4.78, 5) is 24.0. The Balaban J connectivity index is 1.90. The highest BCUT2D eigenvalue weighted by Crippen LogP contribution is 2.29. The predicted molar refractivity (Wildman–Crippen MR) is 95.3 cm³/mol. The topological polar surface area (TPSA) is 55.4 Å². The van der Waals surface area contributed by atoms with E-state index in [0.29, 0.717) is 29.6 Å². The molecule has 2 rings (SSSR count). The highest BCUT2D eigenvalue weighted by Gasteiger charge is 2.29. The van der Waals surface area contributed by atoms with Crippen LogP contribution in [-0.4, -0.2) is 23.8 Å². The van der Waals surface area contributed by atoms with Crippen molar-refractivity contribution in [3.05, 3.63) is 29.8 Å². The molecule has 24 heavy (non-hydrogen) atoms. The monoisotopic (exact) mass is 331 g/mol. The van der Waals surface area contributed by atoms with E-state index in [1.165, 1.54) is 12.8 Å². The first-order chi connectivity index (χ1) is 11.4. The summed E-state index contributed by atoms with van der Waals surface area (Å²) in [5.41, 5.74) is 0.673. The molecule has 0 heterocycles. The Labute approximate surface area is 145 Å². The third-order valence-corrected chi connectivity index (χ3v) is 5.21. The van der Waals surface area contributed by atoms with Crippen LogP contribution in [0.15, 0.2) is 24.3 Å². The second kappa shape index (κ2) is 8.32. The summed E-state index contributed by atoms with van der Waals surface area (Å²) in [5, 5.41) is 3.14. The van der Waals surface area contributed by atoms with Gasteiger partial charge < -0.3 is 10.1 Å². The standard InChI is InChI=1S/C20H29NO3/c1-5-19(22)16-9-11-17(12-10-16)24-15(4)20(23)21-18-8-6-7-13(2)14(18)3/h9-15,18H,5-8H2,1-4H3,(H,21,23). The van der Waals surface area contributed by atoms with Gasteiger partial charge in [0, 0.05) is 18.0 Å². The maximum atomic E-state index is 12.4. The van der Waals surface area contributed by atoms with E-state index in [0.717, 1.165) is 6.42 Å². The molecule has 4 atom stereocenters. The molecular formula is C20H29NO3.